The summed E-state index contributed by atoms with van der Waals surface area (Å²) in [7, 11) is 0. The second-order valence-corrected chi connectivity index (χ2v) is 8.34. The molecule has 8 nitrogen and oxygen atoms in total. The van der Waals surface area contributed by atoms with Gasteiger partial charge in [0.2, 0.25) is 11.8 Å². The maximum atomic E-state index is 13.3. The van der Waals surface area contributed by atoms with E-state index in [1.165, 1.54) is 17.0 Å². The molecule has 150 valence electrons. The summed E-state index contributed by atoms with van der Waals surface area (Å²) < 4.78 is 0. The lowest BCUT2D eigenvalue weighted by atomic mass is 9.71. The molecular formula is C22H17N3O5. The minimum atomic E-state index is -0.442. The Morgan fingerprint density at radius 3 is 2.27 bits per heavy atom. The van der Waals surface area contributed by atoms with E-state index in [0.29, 0.717) is 5.69 Å². The van der Waals surface area contributed by atoms with E-state index in [-0.39, 0.29) is 53.2 Å². The number of carbonyl (C=O) groups is 2. The van der Waals surface area contributed by atoms with E-state index in [4.69, 9.17) is 4.84 Å². The summed E-state index contributed by atoms with van der Waals surface area (Å²) in [4.78, 5) is 44.1. The van der Waals surface area contributed by atoms with Gasteiger partial charge in [0.1, 0.15) is 6.10 Å². The lowest BCUT2D eigenvalue weighted by molar-refractivity contribution is -0.384. The maximum Gasteiger partial charge on any atom is 0.269 e. The van der Waals surface area contributed by atoms with Crippen molar-refractivity contribution in [1.82, 2.24) is 0 Å². The lowest BCUT2D eigenvalue weighted by Crippen LogP contribution is -2.41. The zero-order valence-corrected chi connectivity index (χ0v) is 15.8. The van der Waals surface area contributed by atoms with Crippen molar-refractivity contribution in [3.63, 3.8) is 0 Å². The molecule has 2 amide bonds. The molecule has 0 spiro atoms. The van der Waals surface area contributed by atoms with Crippen LogP contribution in [-0.2, 0) is 14.4 Å². The molecule has 2 aliphatic heterocycles. The molecule has 30 heavy (non-hydrogen) atoms. The molecule has 2 heterocycles. The van der Waals surface area contributed by atoms with Crippen LogP contribution in [-0.4, -0.2) is 28.6 Å². The Bertz CT molecular complexity index is 1110. The summed E-state index contributed by atoms with van der Waals surface area (Å²) in [6.07, 6.45) is 0.533. The van der Waals surface area contributed by atoms with Crippen molar-refractivity contribution < 1.29 is 19.3 Å². The van der Waals surface area contributed by atoms with Crippen molar-refractivity contribution >= 4 is 28.9 Å². The maximum absolute atomic E-state index is 13.3. The number of fused-ring (bicyclic) bond motifs is 8. The second-order valence-electron chi connectivity index (χ2n) is 8.34. The number of para-hydroxylation sites is 1. The highest BCUT2D eigenvalue weighted by molar-refractivity contribution is 6.23. The minimum absolute atomic E-state index is 0.0119. The molecule has 0 unspecified atom stereocenters. The van der Waals surface area contributed by atoms with Crippen molar-refractivity contribution in [2.75, 3.05) is 4.90 Å². The number of benzene rings is 2. The van der Waals surface area contributed by atoms with Gasteiger partial charge in [0.25, 0.3) is 5.69 Å². The molecule has 4 aliphatic rings. The van der Waals surface area contributed by atoms with Crippen LogP contribution in [0.3, 0.4) is 0 Å². The number of nitrogens with zero attached hydrogens (tertiary/aromatic N) is 3. The number of nitro benzene ring substituents is 1. The second kappa shape index (κ2) is 5.98. The number of imide groups is 1. The normalized spacial score (nSPS) is 33.3. The Morgan fingerprint density at radius 1 is 0.933 bits per heavy atom. The molecule has 0 radical (unpaired) electrons. The predicted octanol–water partition coefficient (Wildman–Crippen LogP) is 2.77. The van der Waals surface area contributed by atoms with Crippen molar-refractivity contribution in [2.45, 2.75) is 12.5 Å². The number of hydrogen-bond acceptors (Lipinski definition) is 6. The van der Waals surface area contributed by atoms with Crippen LogP contribution in [0.5, 0.6) is 0 Å². The molecule has 2 aliphatic carbocycles. The summed E-state index contributed by atoms with van der Waals surface area (Å²) >= 11 is 0. The number of carbonyl (C=O) groups excluding carboxylic acids is 2. The van der Waals surface area contributed by atoms with Crippen molar-refractivity contribution in [3.05, 3.63) is 70.3 Å². The van der Waals surface area contributed by atoms with Crippen LogP contribution in [0.25, 0.3) is 0 Å². The predicted molar refractivity (Wildman–Crippen MR) is 106 cm³/mol. The van der Waals surface area contributed by atoms with Gasteiger partial charge in [-0.1, -0.05) is 23.4 Å². The summed E-state index contributed by atoms with van der Waals surface area (Å²) in [5.41, 5.74) is 2.10. The van der Waals surface area contributed by atoms with Gasteiger partial charge in [-0.05, 0) is 36.6 Å². The Balaban J connectivity index is 1.33. The number of amides is 2. The fourth-order valence-corrected chi connectivity index (χ4v) is 5.95. The largest absolute Gasteiger partial charge is 0.391 e. The van der Waals surface area contributed by atoms with Crippen molar-refractivity contribution in [2.24, 2.45) is 34.7 Å². The van der Waals surface area contributed by atoms with Crippen LogP contribution in [0, 0.1) is 39.7 Å². The van der Waals surface area contributed by atoms with Gasteiger partial charge in [-0.2, -0.15) is 0 Å². The van der Waals surface area contributed by atoms with E-state index in [2.05, 4.69) is 5.16 Å². The molecule has 2 aromatic carbocycles. The van der Waals surface area contributed by atoms with Crippen LogP contribution in [0.1, 0.15) is 12.0 Å². The third-order valence-corrected chi connectivity index (χ3v) is 7.08. The zero-order valence-electron chi connectivity index (χ0n) is 15.8. The zero-order chi connectivity index (χ0) is 20.6. The van der Waals surface area contributed by atoms with E-state index in [9.17, 15) is 19.7 Å². The van der Waals surface area contributed by atoms with Crippen molar-refractivity contribution in [1.29, 1.82) is 0 Å². The molecule has 6 rings (SSSR count). The molecule has 6 atom stereocenters. The number of rotatable bonds is 3. The molecule has 8 heteroatoms. The number of oxime groups is 1. The number of non-ortho nitro benzene ring substituents is 1. The van der Waals surface area contributed by atoms with E-state index in [1.54, 1.807) is 24.3 Å². The fourth-order valence-electron chi connectivity index (χ4n) is 5.95. The quantitative estimate of drug-likeness (QED) is 0.445. The molecule has 0 aromatic heterocycles. The SMILES string of the molecule is O=C1[C@@H]2[C@@H]3C[C@@H]([C@H]4ON=C(c5ccc([N+](=O)[O-])cc5)[C@H]34)[C@@H]2C(=O)N1c1ccccc1. The fraction of sp³-hybridized carbons (Fsp3) is 0.318. The smallest absolute Gasteiger partial charge is 0.269 e. The first-order valence-electron chi connectivity index (χ1n) is 9.97. The highest BCUT2D eigenvalue weighted by atomic mass is 16.6. The van der Waals surface area contributed by atoms with Gasteiger partial charge in [0.15, 0.2) is 0 Å². The molecule has 3 fully saturated rings. The summed E-state index contributed by atoms with van der Waals surface area (Å²) in [5, 5.41) is 15.2. The van der Waals surface area contributed by atoms with E-state index in [0.717, 1.165) is 17.7 Å². The van der Waals surface area contributed by atoms with Gasteiger partial charge in [-0.3, -0.25) is 24.6 Å². The first-order chi connectivity index (χ1) is 14.6. The molecule has 2 bridgehead atoms. The van der Waals surface area contributed by atoms with E-state index in [1.807, 2.05) is 18.2 Å². The van der Waals surface area contributed by atoms with E-state index < -0.39 is 4.92 Å². The number of anilines is 1. The van der Waals surface area contributed by atoms with Gasteiger partial charge in [-0.25, -0.2) is 0 Å². The van der Waals surface area contributed by atoms with E-state index >= 15 is 0 Å². The van der Waals surface area contributed by atoms with Gasteiger partial charge in [-0.15, -0.1) is 0 Å². The lowest BCUT2D eigenvalue weighted by Gasteiger charge is -2.29. The first kappa shape index (κ1) is 17.3. The average Bonchev–Trinajstić information content (AvgIpc) is 3.49. The van der Waals surface area contributed by atoms with Crippen LogP contribution in [0.15, 0.2) is 59.8 Å². The summed E-state index contributed by atoms with van der Waals surface area (Å²) in [6.45, 7) is 0. The summed E-state index contributed by atoms with van der Waals surface area (Å²) in [5.74, 6) is -1.16. The average molecular weight is 403 g/mol. The van der Waals surface area contributed by atoms with Gasteiger partial charge in [0, 0.05) is 29.5 Å². The highest BCUT2D eigenvalue weighted by Gasteiger charge is 2.70. The van der Waals surface area contributed by atoms with Crippen LogP contribution >= 0.6 is 0 Å². The molecule has 1 saturated heterocycles. The molecule has 2 saturated carbocycles. The number of nitro groups is 1. The Hall–Kier alpha value is -3.55. The minimum Gasteiger partial charge on any atom is -0.391 e. The van der Waals surface area contributed by atoms with Crippen LogP contribution in [0.2, 0.25) is 0 Å². The van der Waals surface area contributed by atoms with Crippen molar-refractivity contribution in [3.8, 4) is 0 Å². The van der Waals surface area contributed by atoms with Crippen LogP contribution < -0.4 is 4.90 Å². The monoisotopic (exact) mass is 403 g/mol. The standard InChI is InChI=1S/C22H17N3O5/c26-21-16-14-10-15(17(16)22(27)24(21)12-4-2-1-3-5-12)20-18(14)19(23-30-20)11-6-8-13(9-7-11)25(28)29/h1-9,14-18,20H,10H2/t14-,15+,16+,17-,18-,20+/m0/s1. The van der Waals surface area contributed by atoms with Gasteiger partial charge < -0.3 is 4.84 Å². The van der Waals surface area contributed by atoms with Gasteiger partial charge in [0.05, 0.1) is 28.2 Å². The molecule has 2 aromatic rings. The topological polar surface area (TPSA) is 102 Å². The first-order valence-corrected chi connectivity index (χ1v) is 9.97. The summed E-state index contributed by atoms with van der Waals surface area (Å²) in [6, 6.07) is 15.3. The molecule has 0 N–H and O–H groups in total. The molecular weight excluding hydrogens is 386 g/mol. The third-order valence-electron chi connectivity index (χ3n) is 7.08. The highest BCUT2D eigenvalue weighted by Crippen LogP contribution is 2.62. The van der Waals surface area contributed by atoms with Crippen LogP contribution in [0.4, 0.5) is 11.4 Å². The third kappa shape index (κ3) is 2.13. The Morgan fingerprint density at radius 2 is 1.60 bits per heavy atom. The number of hydrogen-bond donors (Lipinski definition) is 0. The Kier molecular flexibility index (Phi) is 3.45. The Labute approximate surface area is 171 Å². The van der Waals surface area contributed by atoms with Gasteiger partial charge >= 0.3 is 0 Å².